The normalized spacial score (nSPS) is 10.2. The minimum Gasteiger partial charge on any atom is -0.478 e. The summed E-state index contributed by atoms with van der Waals surface area (Å²) < 4.78 is 5.37. The van der Waals surface area contributed by atoms with Gasteiger partial charge in [-0.15, -0.1) is 0 Å². The number of halogens is 1. The van der Waals surface area contributed by atoms with Crippen LogP contribution in [0.3, 0.4) is 0 Å². The lowest BCUT2D eigenvalue weighted by molar-refractivity contribution is 0.0696. The van der Waals surface area contributed by atoms with E-state index in [-0.39, 0.29) is 5.56 Å². The molecule has 4 nitrogen and oxygen atoms in total. The number of benzene rings is 1. The van der Waals surface area contributed by atoms with Crippen LogP contribution >= 0.6 is 15.9 Å². The number of rotatable bonds is 2. The van der Waals surface area contributed by atoms with Crippen molar-refractivity contribution < 1.29 is 14.3 Å². The topological polar surface area (TPSA) is 63.3 Å². The van der Waals surface area contributed by atoms with Crippen LogP contribution in [0.25, 0.3) is 11.3 Å². The van der Waals surface area contributed by atoms with Crippen molar-refractivity contribution in [3.63, 3.8) is 0 Å². The molecule has 1 aromatic heterocycles. The van der Waals surface area contributed by atoms with Gasteiger partial charge in [0.05, 0.1) is 5.56 Å². The van der Waals surface area contributed by atoms with Crippen molar-refractivity contribution in [2.45, 2.75) is 0 Å². The Hall–Kier alpha value is -1.62. The Kier molecular flexibility index (Phi) is 2.55. The maximum atomic E-state index is 10.9. The number of aromatic nitrogens is 1. The number of nitrogens with zero attached hydrogens (tertiary/aromatic N) is 1. The fraction of sp³-hybridized carbons (Fsp3) is 0. The summed E-state index contributed by atoms with van der Waals surface area (Å²) in [6, 6.07) is 4.99. The van der Waals surface area contributed by atoms with Gasteiger partial charge >= 0.3 is 5.97 Å². The second-order valence-corrected chi connectivity index (χ2v) is 3.73. The van der Waals surface area contributed by atoms with Crippen molar-refractivity contribution in [1.29, 1.82) is 0 Å². The van der Waals surface area contributed by atoms with E-state index in [1.165, 1.54) is 12.7 Å². The Morgan fingerprint density at radius 3 is 2.87 bits per heavy atom. The molecule has 0 radical (unpaired) electrons. The quantitative estimate of drug-likeness (QED) is 0.909. The van der Waals surface area contributed by atoms with E-state index in [9.17, 15) is 4.79 Å². The average Bonchev–Trinajstić information content (AvgIpc) is 2.71. The van der Waals surface area contributed by atoms with Gasteiger partial charge in [0.15, 0.2) is 6.39 Å². The van der Waals surface area contributed by atoms with E-state index in [1.54, 1.807) is 18.2 Å². The first-order valence-corrected chi connectivity index (χ1v) is 4.89. The lowest BCUT2D eigenvalue weighted by atomic mass is 10.1. The molecular weight excluding hydrogens is 262 g/mol. The number of hydrogen-bond donors (Lipinski definition) is 1. The fourth-order valence-corrected chi connectivity index (χ4v) is 1.62. The molecule has 2 aromatic rings. The van der Waals surface area contributed by atoms with Gasteiger partial charge in [-0.2, -0.15) is 0 Å². The molecule has 76 valence electrons. The van der Waals surface area contributed by atoms with E-state index in [4.69, 9.17) is 9.52 Å². The number of carboxylic acid groups (broad SMARTS) is 1. The summed E-state index contributed by atoms with van der Waals surface area (Å²) in [7, 11) is 0. The fourth-order valence-electron chi connectivity index (χ4n) is 1.20. The van der Waals surface area contributed by atoms with E-state index < -0.39 is 5.97 Å². The summed E-state index contributed by atoms with van der Waals surface area (Å²) in [4.78, 5) is 14.8. The lowest BCUT2D eigenvalue weighted by Crippen LogP contribution is -1.97. The van der Waals surface area contributed by atoms with Gasteiger partial charge in [0.2, 0.25) is 0 Å². The van der Waals surface area contributed by atoms with Crippen LogP contribution in [0.4, 0.5) is 0 Å². The molecule has 0 unspecified atom stereocenters. The number of hydrogen-bond acceptors (Lipinski definition) is 3. The maximum Gasteiger partial charge on any atom is 0.336 e. The third-order valence-electron chi connectivity index (χ3n) is 1.92. The summed E-state index contributed by atoms with van der Waals surface area (Å²) in [5.74, 6) is -0.979. The maximum absolute atomic E-state index is 10.9. The standard InChI is InChI=1S/C10H6BrNO3/c11-8-2-1-6(3-7(8)10(13)14)9-4-15-5-12-9/h1-5H,(H,13,14). The number of carbonyl (C=O) groups is 1. The number of oxazole rings is 1. The Morgan fingerprint density at radius 1 is 1.47 bits per heavy atom. The highest BCUT2D eigenvalue weighted by molar-refractivity contribution is 9.10. The first-order valence-electron chi connectivity index (χ1n) is 4.10. The van der Waals surface area contributed by atoms with Gasteiger partial charge < -0.3 is 9.52 Å². The smallest absolute Gasteiger partial charge is 0.336 e. The zero-order valence-corrected chi connectivity index (χ0v) is 9.06. The van der Waals surface area contributed by atoms with Crippen LogP contribution < -0.4 is 0 Å². The highest BCUT2D eigenvalue weighted by atomic mass is 79.9. The molecule has 1 aromatic carbocycles. The molecule has 0 aliphatic rings. The molecule has 0 atom stereocenters. The number of carboxylic acids is 1. The molecule has 0 amide bonds. The van der Waals surface area contributed by atoms with E-state index >= 15 is 0 Å². The Balaban J connectivity index is 2.52. The van der Waals surface area contributed by atoms with Crippen molar-refractivity contribution in [3.8, 4) is 11.3 Å². The van der Waals surface area contributed by atoms with Gasteiger partial charge in [0.1, 0.15) is 12.0 Å². The van der Waals surface area contributed by atoms with Gasteiger partial charge in [-0.1, -0.05) is 6.07 Å². The van der Waals surface area contributed by atoms with Crippen molar-refractivity contribution in [3.05, 3.63) is 40.9 Å². The van der Waals surface area contributed by atoms with Crippen molar-refractivity contribution in [2.24, 2.45) is 0 Å². The Labute approximate surface area is 93.7 Å². The Morgan fingerprint density at radius 2 is 2.27 bits per heavy atom. The Bertz CT molecular complexity index is 493. The summed E-state index contributed by atoms with van der Waals surface area (Å²) in [6.45, 7) is 0. The molecule has 1 heterocycles. The molecular formula is C10H6BrNO3. The molecule has 1 N–H and O–H groups in total. The van der Waals surface area contributed by atoms with Gasteiger partial charge in [-0.3, -0.25) is 0 Å². The first kappa shape index (κ1) is 9.92. The molecule has 0 aliphatic heterocycles. The van der Waals surface area contributed by atoms with Crippen LogP contribution in [0, 0.1) is 0 Å². The highest BCUT2D eigenvalue weighted by Crippen LogP contribution is 2.24. The molecule has 0 aliphatic carbocycles. The molecule has 0 spiro atoms. The first-order chi connectivity index (χ1) is 7.18. The summed E-state index contributed by atoms with van der Waals surface area (Å²) >= 11 is 3.17. The third kappa shape index (κ3) is 1.92. The molecule has 2 rings (SSSR count). The molecule has 0 fully saturated rings. The zero-order valence-electron chi connectivity index (χ0n) is 7.48. The largest absolute Gasteiger partial charge is 0.478 e. The van der Waals surface area contributed by atoms with E-state index in [0.717, 1.165) is 0 Å². The van der Waals surface area contributed by atoms with Crippen molar-refractivity contribution in [2.75, 3.05) is 0 Å². The van der Waals surface area contributed by atoms with E-state index in [1.807, 2.05) is 0 Å². The van der Waals surface area contributed by atoms with Gasteiger partial charge in [-0.25, -0.2) is 9.78 Å². The molecule has 5 heteroatoms. The predicted octanol–water partition coefficient (Wildman–Crippen LogP) is 2.80. The van der Waals surface area contributed by atoms with Crippen LogP contribution in [0.1, 0.15) is 10.4 Å². The van der Waals surface area contributed by atoms with E-state index in [0.29, 0.717) is 15.7 Å². The zero-order chi connectivity index (χ0) is 10.8. The minimum atomic E-state index is -0.979. The third-order valence-corrected chi connectivity index (χ3v) is 2.62. The lowest BCUT2D eigenvalue weighted by Gasteiger charge is -2.01. The summed E-state index contributed by atoms with van der Waals surface area (Å²) in [5, 5.41) is 8.91. The van der Waals surface area contributed by atoms with Crippen molar-refractivity contribution in [1.82, 2.24) is 4.98 Å². The molecule has 0 bridgehead atoms. The molecule has 15 heavy (non-hydrogen) atoms. The van der Waals surface area contributed by atoms with Crippen LogP contribution in [-0.2, 0) is 0 Å². The molecule has 0 saturated heterocycles. The summed E-state index contributed by atoms with van der Waals surface area (Å²) in [5.41, 5.74) is 1.53. The van der Waals surface area contributed by atoms with Gasteiger partial charge in [0, 0.05) is 10.0 Å². The summed E-state index contributed by atoms with van der Waals surface area (Å²) in [6.07, 6.45) is 2.77. The van der Waals surface area contributed by atoms with Gasteiger partial charge in [-0.05, 0) is 28.1 Å². The van der Waals surface area contributed by atoms with Crippen LogP contribution in [0.2, 0.25) is 0 Å². The van der Waals surface area contributed by atoms with Crippen LogP contribution in [0.15, 0.2) is 39.7 Å². The SMILES string of the molecule is O=C(O)c1cc(-c2cocn2)ccc1Br. The second-order valence-electron chi connectivity index (χ2n) is 2.87. The van der Waals surface area contributed by atoms with Crippen LogP contribution in [-0.4, -0.2) is 16.1 Å². The van der Waals surface area contributed by atoms with Crippen LogP contribution in [0.5, 0.6) is 0 Å². The van der Waals surface area contributed by atoms with E-state index in [2.05, 4.69) is 20.9 Å². The van der Waals surface area contributed by atoms with Gasteiger partial charge in [0.25, 0.3) is 0 Å². The monoisotopic (exact) mass is 267 g/mol. The predicted molar refractivity (Wildman–Crippen MR) is 56.6 cm³/mol. The van der Waals surface area contributed by atoms with Crippen molar-refractivity contribution >= 4 is 21.9 Å². The molecule has 0 saturated carbocycles. The highest BCUT2D eigenvalue weighted by Gasteiger charge is 2.10. The second kappa shape index (κ2) is 3.86. The number of aromatic carboxylic acids is 1. The minimum absolute atomic E-state index is 0.204. The average molecular weight is 268 g/mol.